The zero-order chi connectivity index (χ0) is 30.4. The first-order chi connectivity index (χ1) is 19.3. The number of ether oxygens (including phenoxy) is 1. The van der Waals surface area contributed by atoms with Gasteiger partial charge in [0.15, 0.2) is 6.10 Å². The van der Waals surface area contributed by atoms with Gasteiger partial charge >= 0.3 is 6.03 Å². The van der Waals surface area contributed by atoms with Crippen LogP contribution in [0.5, 0.6) is 11.5 Å². The molecule has 0 heterocycles. The Balaban J connectivity index is 1.73. The fraction of sp³-hybridized carbons (Fsp3) is 0.394. The number of phenolic OH excluding ortho intramolecular Hbond substituents is 1. The minimum absolute atomic E-state index is 0.0254. The quantitative estimate of drug-likeness (QED) is 0.170. The molecule has 3 amide bonds. The van der Waals surface area contributed by atoms with Crippen LogP contribution in [0.2, 0.25) is 5.02 Å². The Morgan fingerprint density at radius 2 is 1.54 bits per heavy atom. The molecule has 41 heavy (non-hydrogen) atoms. The van der Waals surface area contributed by atoms with E-state index >= 15 is 0 Å². The van der Waals surface area contributed by atoms with E-state index in [1.54, 1.807) is 30.3 Å². The number of rotatable bonds is 11. The van der Waals surface area contributed by atoms with Gasteiger partial charge in [-0.2, -0.15) is 0 Å². The van der Waals surface area contributed by atoms with Gasteiger partial charge < -0.3 is 25.8 Å². The summed E-state index contributed by atoms with van der Waals surface area (Å²) in [5.41, 5.74) is 3.28. The van der Waals surface area contributed by atoms with Crippen molar-refractivity contribution < 1.29 is 19.4 Å². The topological polar surface area (TPSA) is 99.7 Å². The number of hydrogen-bond acceptors (Lipinski definition) is 4. The molecule has 3 aromatic carbocycles. The Bertz CT molecular complexity index is 1390. The first-order valence-corrected chi connectivity index (χ1v) is 14.5. The summed E-state index contributed by atoms with van der Waals surface area (Å²) in [5.74, 6) is 0.172. The molecule has 0 aromatic heterocycles. The van der Waals surface area contributed by atoms with E-state index in [2.05, 4.69) is 69.6 Å². The minimum Gasteiger partial charge on any atom is -0.506 e. The molecule has 0 saturated carbocycles. The van der Waals surface area contributed by atoms with Crippen LogP contribution >= 0.6 is 11.6 Å². The maximum absolute atomic E-state index is 13.2. The van der Waals surface area contributed by atoms with E-state index in [-0.39, 0.29) is 28.2 Å². The maximum atomic E-state index is 13.2. The average molecular weight is 580 g/mol. The molecule has 4 N–H and O–H groups in total. The monoisotopic (exact) mass is 579 g/mol. The van der Waals surface area contributed by atoms with E-state index < -0.39 is 12.1 Å². The van der Waals surface area contributed by atoms with Crippen LogP contribution in [0.1, 0.15) is 78.9 Å². The summed E-state index contributed by atoms with van der Waals surface area (Å²) in [6.45, 7) is 15.1. The van der Waals surface area contributed by atoms with Crippen molar-refractivity contribution in [2.45, 2.75) is 84.7 Å². The van der Waals surface area contributed by atoms with Gasteiger partial charge in [-0.1, -0.05) is 78.3 Å². The number of amides is 3. The molecule has 0 aliphatic heterocycles. The molecule has 0 unspecified atom stereocenters. The van der Waals surface area contributed by atoms with Crippen molar-refractivity contribution in [1.82, 2.24) is 0 Å². The molecule has 0 aliphatic carbocycles. The third kappa shape index (κ3) is 8.17. The van der Waals surface area contributed by atoms with Gasteiger partial charge in [0.25, 0.3) is 5.91 Å². The van der Waals surface area contributed by atoms with Gasteiger partial charge in [0.2, 0.25) is 0 Å². The number of carbonyl (C=O) groups is 2. The first-order valence-electron chi connectivity index (χ1n) is 14.1. The molecule has 0 bridgehead atoms. The maximum Gasteiger partial charge on any atom is 0.323 e. The fourth-order valence-corrected chi connectivity index (χ4v) is 4.43. The highest BCUT2D eigenvalue weighted by molar-refractivity contribution is 6.30. The summed E-state index contributed by atoms with van der Waals surface area (Å²) >= 11 is 5.96. The predicted molar refractivity (Wildman–Crippen MR) is 169 cm³/mol. The third-order valence-corrected chi connectivity index (χ3v) is 8.02. The molecule has 0 radical (unpaired) electrons. The second-order valence-electron chi connectivity index (χ2n) is 11.5. The molecular formula is C33H42ClN3O4. The number of nitrogens with one attached hydrogen (secondary N) is 3. The van der Waals surface area contributed by atoms with Crippen molar-refractivity contribution >= 4 is 40.6 Å². The van der Waals surface area contributed by atoms with Gasteiger partial charge in [0.05, 0.1) is 5.69 Å². The van der Waals surface area contributed by atoms with Crippen LogP contribution in [0.4, 0.5) is 21.9 Å². The van der Waals surface area contributed by atoms with Crippen LogP contribution in [0.25, 0.3) is 0 Å². The predicted octanol–water partition coefficient (Wildman–Crippen LogP) is 8.86. The number of urea groups is 1. The molecule has 0 fully saturated rings. The Morgan fingerprint density at radius 3 is 2.15 bits per heavy atom. The number of carbonyl (C=O) groups excluding carboxylic acids is 2. The van der Waals surface area contributed by atoms with Gasteiger partial charge in [0.1, 0.15) is 11.5 Å². The number of hydrogen-bond donors (Lipinski definition) is 4. The average Bonchev–Trinajstić information content (AvgIpc) is 2.93. The van der Waals surface area contributed by atoms with Gasteiger partial charge in [-0.3, -0.25) is 4.79 Å². The lowest BCUT2D eigenvalue weighted by molar-refractivity contribution is -0.122. The minimum atomic E-state index is -0.741. The van der Waals surface area contributed by atoms with Crippen LogP contribution in [0, 0.1) is 0 Å². The zero-order valence-electron chi connectivity index (χ0n) is 25.0. The Kier molecular flexibility index (Phi) is 10.3. The van der Waals surface area contributed by atoms with Gasteiger partial charge in [-0.15, -0.1) is 0 Å². The van der Waals surface area contributed by atoms with Gasteiger partial charge in [0, 0.05) is 28.0 Å². The molecular weight excluding hydrogens is 538 g/mol. The van der Waals surface area contributed by atoms with E-state index in [0.29, 0.717) is 28.6 Å². The molecule has 1 atom stereocenters. The second kappa shape index (κ2) is 13.3. The number of benzene rings is 3. The SMILES string of the molecule is CC[C@H](Oc1ccc(C(C)(C)CC)cc1C(C)(C)CC)C(=O)Nc1ccc(NC(=O)Nc2cccc(Cl)c2)c(O)c1. The number of aromatic hydroxyl groups is 1. The Morgan fingerprint density at radius 1 is 0.854 bits per heavy atom. The highest BCUT2D eigenvalue weighted by atomic mass is 35.5. The van der Waals surface area contributed by atoms with Crippen LogP contribution in [-0.4, -0.2) is 23.1 Å². The van der Waals surface area contributed by atoms with Crippen molar-refractivity contribution in [3.05, 3.63) is 76.8 Å². The highest BCUT2D eigenvalue weighted by Gasteiger charge is 2.29. The van der Waals surface area contributed by atoms with Crippen LogP contribution in [-0.2, 0) is 15.6 Å². The van der Waals surface area contributed by atoms with Crippen molar-refractivity contribution in [2.24, 2.45) is 0 Å². The first kappa shape index (κ1) is 31.8. The summed E-state index contributed by atoms with van der Waals surface area (Å²) in [6.07, 6.45) is 1.64. The summed E-state index contributed by atoms with van der Waals surface area (Å²) < 4.78 is 6.34. The van der Waals surface area contributed by atoms with Crippen molar-refractivity contribution in [3.63, 3.8) is 0 Å². The second-order valence-corrected chi connectivity index (χ2v) is 11.9. The van der Waals surface area contributed by atoms with Crippen LogP contribution in [0.3, 0.4) is 0 Å². The van der Waals surface area contributed by atoms with E-state index in [9.17, 15) is 14.7 Å². The molecule has 0 spiro atoms. The highest BCUT2D eigenvalue weighted by Crippen LogP contribution is 2.39. The van der Waals surface area contributed by atoms with E-state index in [1.807, 2.05) is 13.0 Å². The van der Waals surface area contributed by atoms with Crippen molar-refractivity contribution in [2.75, 3.05) is 16.0 Å². The zero-order valence-corrected chi connectivity index (χ0v) is 25.8. The van der Waals surface area contributed by atoms with E-state index in [1.165, 1.54) is 17.7 Å². The molecule has 0 saturated heterocycles. The largest absolute Gasteiger partial charge is 0.506 e. The van der Waals surface area contributed by atoms with Crippen LogP contribution in [0.15, 0.2) is 60.7 Å². The lowest BCUT2D eigenvalue weighted by Gasteiger charge is -2.31. The van der Waals surface area contributed by atoms with Gasteiger partial charge in [-0.05, 0) is 72.1 Å². The number of phenols is 1. The van der Waals surface area contributed by atoms with E-state index in [0.717, 1.165) is 18.4 Å². The summed E-state index contributed by atoms with van der Waals surface area (Å²) in [7, 11) is 0. The molecule has 8 heteroatoms. The lowest BCUT2D eigenvalue weighted by atomic mass is 9.76. The van der Waals surface area contributed by atoms with Gasteiger partial charge in [-0.25, -0.2) is 4.79 Å². The fourth-order valence-electron chi connectivity index (χ4n) is 4.24. The van der Waals surface area contributed by atoms with Crippen LogP contribution < -0.4 is 20.7 Å². The molecule has 7 nitrogen and oxygen atoms in total. The Labute approximate surface area is 248 Å². The number of anilines is 3. The van der Waals surface area contributed by atoms with E-state index in [4.69, 9.17) is 16.3 Å². The smallest absolute Gasteiger partial charge is 0.323 e. The lowest BCUT2D eigenvalue weighted by Crippen LogP contribution is -2.33. The molecule has 0 aliphatic rings. The normalized spacial score (nSPS) is 12.4. The molecule has 3 aromatic rings. The Hall–Kier alpha value is -3.71. The summed E-state index contributed by atoms with van der Waals surface area (Å²) in [6, 6.07) is 17.0. The van der Waals surface area contributed by atoms with Crippen molar-refractivity contribution in [3.8, 4) is 11.5 Å². The number of halogens is 1. The molecule has 3 rings (SSSR count). The molecule has 220 valence electrons. The standard InChI is InChI=1S/C33H42ClN3O4/c1-8-28(41-29-17-14-21(32(4,5)9-2)18-25(29)33(6,7)10-3)30(39)35-24-15-16-26(27(38)20-24)37-31(40)36-23-13-11-12-22(34)19-23/h11-20,28,38H,8-10H2,1-7H3,(H,35,39)(H2,36,37,40)/t28-/m0/s1. The summed E-state index contributed by atoms with van der Waals surface area (Å²) in [5, 5.41) is 19.1. The third-order valence-electron chi connectivity index (χ3n) is 7.79. The summed E-state index contributed by atoms with van der Waals surface area (Å²) in [4.78, 5) is 25.6. The van der Waals surface area contributed by atoms with Crippen molar-refractivity contribution in [1.29, 1.82) is 0 Å².